The Morgan fingerprint density at radius 1 is 0.300 bits per heavy atom. The molecule has 0 radical (unpaired) electrons. The number of ether oxygens (including phenoxy) is 4. The lowest BCUT2D eigenvalue weighted by molar-refractivity contribution is 0.293. The van der Waals surface area contributed by atoms with Crippen molar-refractivity contribution in [3.63, 3.8) is 0 Å². The summed E-state index contributed by atoms with van der Waals surface area (Å²) in [6.45, 7) is 28.9. The van der Waals surface area contributed by atoms with Gasteiger partial charge in [-0.05, 0) is 135 Å². The summed E-state index contributed by atoms with van der Waals surface area (Å²) in [6, 6.07) is 59.8. The highest BCUT2D eigenvalue weighted by molar-refractivity contribution is 5.60. The third-order valence-electron chi connectivity index (χ3n) is 15.3. The first-order valence-electron chi connectivity index (χ1n) is 28.2. The van der Waals surface area contributed by atoms with Crippen molar-refractivity contribution < 1.29 is 18.9 Å². The average molecular weight is 1060 g/mol. The third-order valence-corrected chi connectivity index (χ3v) is 15.3. The molecule has 6 heteroatoms. The molecule has 408 valence electrons. The minimum absolute atomic E-state index is 0.215. The first-order valence-corrected chi connectivity index (χ1v) is 28.2. The Kier molecular flexibility index (Phi) is 16.5. The zero-order valence-corrected chi connectivity index (χ0v) is 49.2. The van der Waals surface area contributed by atoms with Crippen LogP contribution in [0.25, 0.3) is 0 Å². The molecule has 8 aromatic rings. The predicted molar refractivity (Wildman–Crippen MR) is 324 cm³/mol. The van der Waals surface area contributed by atoms with E-state index in [0.717, 1.165) is 89.8 Å². The van der Waals surface area contributed by atoms with E-state index < -0.39 is 0 Å². The number of hydrogen-bond donors (Lipinski definition) is 0. The van der Waals surface area contributed by atoms with E-state index in [2.05, 4.69) is 192 Å². The molecule has 0 fully saturated rings. The third kappa shape index (κ3) is 13.7. The Labute approximate surface area is 477 Å². The maximum absolute atomic E-state index is 9.73. The van der Waals surface area contributed by atoms with Gasteiger partial charge in [0.2, 0.25) is 0 Å². The molecule has 0 unspecified atom stereocenters. The lowest BCUT2D eigenvalue weighted by Crippen LogP contribution is -2.17. The van der Waals surface area contributed by atoms with Crippen LogP contribution in [0.3, 0.4) is 0 Å². The molecule has 9 rings (SSSR count). The summed E-state index contributed by atoms with van der Waals surface area (Å²) in [6.07, 6.45) is 2.11. The number of nitriles is 2. The van der Waals surface area contributed by atoms with E-state index in [4.69, 9.17) is 18.9 Å². The summed E-state index contributed by atoms with van der Waals surface area (Å²) in [4.78, 5) is 0. The van der Waals surface area contributed by atoms with Gasteiger partial charge < -0.3 is 18.9 Å². The van der Waals surface area contributed by atoms with Crippen molar-refractivity contribution in [2.75, 3.05) is 0 Å². The predicted octanol–water partition coefficient (Wildman–Crippen LogP) is 17.6. The Balaban J connectivity index is 1.38. The number of hydrogen-bond acceptors (Lipinski definition) is 6. The minimum atomic E-state index is -0.216. The first kappa shape index (κ1) is 56.7. The van der Waals surface area contributed by atoms with Crippen LogP contribution < -0.4 is 18.9 Å². The molecule has 80 heavy (non-hydrogen) atoms. The van der Waals surface area contributed by atoms with Gasteiger partial charge in [0.05, 0.1) is 23.3 Å². The maximum atomic E-state index is 9.73. The maximum Gasteiger partial charge on any atom is 0.126 e. The molecule has 0 saturated carbocycles. The molecule has 0 saturated heterocycles. The first-order chi connectivity index (χ1) is 38.0. The van der Waals surface area contributed by atoms with Gasteiger partial charge in [0.15, 0.2) is 0 Å². The molecule has 0 spiro atoms. The fourth-order valence-electron chi connectivity index (χ4n) is 10.5. The molecule has 1 aliphatic rings. The summed E-state index contributed by atoms with van der Waals surface area (Å²) in [5.41, 5.74) is 17.9. The molecule has 6 nitrogen and oxygen atoms in total. The van der Waals surface area contributed by atoms with Crippen LogP contribution in [-0.4, -0.2) is 0 Å². The Morgan fingerprint density at radius 2 is 0.500 bits per heavy atom. The summed E-state index contributed by atoms with van der Waals surface area (Å²) in [5, 5.41) is 19.5. The van der Waals surface area contributed by atoms with Crippen LogP contribution in [0.2, 0.25) is 0 Å². The Bertz CT molecular complexity index is 3240. The standard InChI is InChI=1S/C74H78N2O4/c1-71(2,3)63-35-55-31-59-39-65(73(7,8)9)41-61(69(59)79-47-53-27-23-49(43-75)24-28-53)33-57-37-64(72(4,5)6)38-58(68(57)78-46-52-21-17-14-18-22-52)34-62-42-66(74(10,11)12)40-60(70(62)80-48-54-29-25-50(44-76)26-30-54)32-56(36-63)67(55)77-45-51-19-15-13-16-20-51/h13-30,35-42H,31-34,45-48H2,1-12H3. The van der Waals surface area contributed by atoms with Crippen molar-refractivity contribution in [2.24, 2.45) is 0 Å². The van der Waals surface area contributed by atoms with Crippen LogP contribution in [0.15, 0.2) is 158 Å². The fourth-order valence-corrected chi connectivity index (χ4v) is 10.5. The smallest absolute Gasteiger partial charge is 0.126 e. The van der Waals surface area contributed by atoms with Gasteiger partial charge in [-0.3, -0.25) is 0 Å². The minimum Gasteiger partial charge on any atom is -0.488 e. The van der Waals surface area contributed by atoms with Gasteiger partial charge >= 0.3 is 0 Å². The number of rotatable bonds is 12. The highest BCUT2D eigenvalue weighted by Crippen LogP contribution is 2.45. The molecule has 0 heterocycles. The summed E-state index contributed by atoms with van der Waals surface area (Å²) in [5.74, 6) is 3.38. The lowest BCUT2D eigenvalue weighted by atomic mass is 9.79. The van der Waals surface area contributed by atoms with E-state index in [1.807, 2.05) is 60.7 Å². The van der Waals surface area contributed by atoms with E-state index in [-0.39, 0.29) is 21.7 Å². The van der Waals surface area contributed by atoms with E-state index in [9.17, 15) is 10.5 Å². The molecule has 0 aromatic heterocycles. The van der Waals surface area contributed by atoms with Crippen LogP contribution in [0.5, 0.6) is 23.0 Å². The second-order valence-electron chi connectivity index (χ2n) is 25.9. The van der Waals surface area contributed by atoms with Gasteiger partial charge in [0.1, 0.15) is 49.4 Å². The van der Waals surface area contributed by atoms with Crippen molar-refractivity contribution in [2.45, 2.75) is 157 Å². The van der Waals surface area contributed by atoms with Gasteiger partial charge in [-0.1, -0.05) is 217 Å². The summed E-state index contributed by atoms with van der Waals surface area (Å²) in [7, 11) is 0. The second kappa shape index (κ2) is 23.3. The van der Waals surface area contributed by atoms with Gasteiger partial charge in [-0.15, -0.1) is 0 Å². The topological polar surface area (TPSA) is 84.5 Å². The van der Waals surface area contributed by atoms with Crippen LogP contribution in [0.1, 0.15) is 183 Å². The number of benzene rings is 8. The van der Waals surface area contributed by atoms with Crippen LogP contribution >= 0.6 is 0 Å². The van der Waals surface area contributed by atoms with Gasteiger partial charge in [0.25, 0.3) is 0 Å². The van der Waals surface area contributed by atoms with E-state index in [1.54, 1.807) is 0 Å². The molecule has 8 bridgehead atoms. The van der Waals surface area contributed by atoms with E-state index in [1.165, 1.54) is 22.3 Å². The van der Waals surface area contributed by atoms with Crippen molar-refractivity contribution in [3.05, 3.63) is 258 Å². The number of fused-ring (bicyclic) bond motifs is 8. The van der Waals surface area contributed by atoms with Gasteiger partial charge in [-0.2, -0.15) is 10.5 Å². The van der Waals surface area contributed by atoms with Gasteiger partial charge in [0, 0.05) is 25.7 Å². The number of nitrogens with zero attached hydrogens (tertiary/aromatic N) is 2. The SMILES string of the molecule is CC(C)(C)c1cc2c(OCc3ccccc3)c(c1)Cc1cc(C(C)(C)C)cc(c1OCc1ccc(C#N)cc1)Cc1cc(C(C)(C)C)cc(c1OCc1ccccc1)Cc1cc(C(C)(C)C)cc(c1OCc1ccc(C#N)cc1)C2. The van der Waals surface area contributed by atoms with Crippen molar-refractivity contribution in [3.8, 4) is 35.1 Å². The fraction of sp³-hybridized carbons (Fsp3) is 0.324. The quantitative estimate of drug-likeness (QED) is 0.121. The largest absolute Gasteiger partial charge is 0.488 e. The van der Waals surface area contributed by atoms with E-state index in [0.29, 0.717) is 63.2 Å². The van der Waals surface area contributed by atoms with Crippen LogP contribution in [0.4, 0.5) is 0 Å². The Hall–Kier alpha value is -8.06. The average Bonchev–Trinajstić information content (AvgIpc) is 3.51. The highest BCUT2D eigenvalue weighted by Gasteiger charge is 2.30. The molecule has 0 aliphatic heterocycles. The van der Waals surface area contributed by atoms with Crippen LogP contribution in [-0.2, 0) is 73.8 Å². The highest BCUT2D eigenvalue weighted by atomic mass is 16.5. The zero-order chi connectivity index (χ0) is 57.0. The summed E-state index contributed by atoms with van der Waals surface area (Å²) < 4.78 is 29.2. The zero-order valence-electron chi connectivity index (χ0n) is 49.2. The molecular weight excluding hydrogens is 981 g/mol. The lowest BCUT2D eigenvalue weighted by Gasteiger charge is -2.29. The van der Waals surface area contributed by atoms with Crippen LogP contribution in [0, 0.1) is 22.7 Å². The van der Waals surface area contributed by atoms with Gasteiger partial charge in [-0.25, -0.2) is 0 Å². The Morgan fingerprint density at radius 3 is 0.688 bits per heavy atom. The molecule has 0 atom stereocenters. The normalized spacial score (nSPS) is 12.7. The van der Waals surface area contributed by atoms with Crippen molar-refractivity contribution in [1.82, 2.24) is 0 Å². The van der Waals surface area contributed by atoms with E-state index >= 15 is 0 Å². The van der Waals surface area contributed by atoms with Crippen molar-refractivity contribution in [1.29, 1.82) is 10.5 Å². The monoisotopic (exact) mass is 1060 g/mol. The summed E-state index contributed by atoms with van der Waals surface area (Å²) >= 11 is 0. The molecule has 1 aliphatic carbocycles. The molecular formula is C74H78N2O4. The van der Waals surface area contributed by atoms with Crippen molar-refractivity contribution >= 4 is 0 Å². The molecule has 8 aromatic carbocycles. The molecule has 0 amide bonds. The second-order valence-corrected chi connectivity index (χ2v) is 25.9. The molecule has 0 N–H and O–H groups in total.